The van der Waals surface area contributed by atoms with Gasteiger partial charge in [0.15, 0.2) is 11.5 Å². The predicted molar refractivity (Wildman–Crippen MR) is 81.4 cm³/mol. The summed E-state index contributed by atoms with van der Waals surface area (Å²) in [5.41, 5.74) is 7.43. The smallest absolute Gasteiger partial charge is 0.161 e. The third-order valence-corrected chi connectivity index (χ3v) is 4.27. The lowest BCUT2D eigenvalue weighted by atomic mass is 10.1. The van der Waals surface area contributed by atoms with Crippen LogP contribution in [-0.2, 0) is 0 Å². The van der Waals surface area contributed by atoms with Gasteiger partial charge in [0.1, 0.15) is 0 Å². The summed E-state index contributed by atoms with van der Waals surface area (Å²) in [5.74, 6) is 1.48. The van der Waals surface area contributed by atoms with Crippen molar-refractivity contribution >= 4 is 0 Å². The molecule has 1 aromatic rings. The average Bonchev–Trinajstić information content (AvgIpc) is 3.00. The molecule has 0 radical (unpaired) electrons. The van der Waals surface area contributed by atoms with Crippen LogP contribution >= 0.6 is 0 Å². The van der Waals surface area contributed by atoms with Gasteiger partial charge in [0, 0.05) is 18.6 Å². The summed E-state index contributed by atoms with van der Waals surface area (Å²) in [5, 5.41) is 0. The van der Waals surface area contributed by atoms with E-state index in [-0.39, 0.29) is 6.04 Å². The van der Waals surface area contributed by atoms with Gasteiger partial charge in [-0.3, -0.25) is 0 Å². The first-order chi connectivity index (χ1) is 9.65. The van der Waals surface area contributed by atoms with Gasteiger partial charge in [-0.2, -0.15) is 0 Å². The van der Waals surface area contributed by atoms with Crippen molar-refractivity contribution in [1.82, 2.24) is 4.90 Å². The molecular formula is C16H26N2O2. The Hall–Kier alpha value is -1.26. The minimum Gasteiger partial charge on any atom is -0.493 e. The second-order valence-electron chi connectivity index (χ2n) is 5.60. The highest BCUT2D eigenvalue weighted by molar-refractivity contribution is 5.43. The van der Waals surface area contributed by atoms with Crippen LogP contribution in [0.1, 0.15) is 37.3 Å². The second-order valence-corrected chi connectivity index (χ2v) is 5.60. The third-order valence-electron chi connectivity index (χ3n) is 4.27. The lowest BCUT2D eigenvalue weighted by Crippen LogP contribution is -2.35. The molecule has 2 rings (SSSR count). The van der Waals surface area contributed by atoms with E-state index in [1.54, 1.807) is 14.2 Å². The number of hydrogen-bond acceptors (Lipinski definition) is 4. The zero-order chi connectivity index (χ0) is 14.5. The number of ether oxygens (including phenoxy) is 2. The molecule has 20 heavy (non-hydrogen) atoms. The fourth-order valence-electron chi connectivity index (χ4n) is 2.99. The first kappa shape index (κ1) is 15.1. The molecule has 1 atom stereocenters. The topological polar surface area (TPSA) is 47.7 Å². The maximum atomic E-state index is 6.34. The molecule has 0 amide bonds. The van der Waals surface area contributed by atoms with Crippen LogP contribution in [0.15, 0.2) is 18.2 Å². The van der Waals surface area contributed by atoms with Gasteiger partial charge >= 0.3 is 0 Å². The van der Waals surface area contributed by atoms with E-state index in [1.165, 1.54) is 25.7 Å². The van der Waals surface area contributed by atoms with Crippen LogP contribution in [-0.4, -0.2) is 38.8 Å². The quantitative estimate of drug-likeness (QED) is 0.869. The molecule has 1 aliphatic rings. The highest BCUT2D eigenvalue weighted by atomic mass is 16.5. The molecule has 1 saturated carbocycles. The molecule has 1 aliphatic carbocycles. The molecule has 112 valence electrons. The van der Waals surface area contributed by atoms with Crippen molar-refractivity contribution in [3.8, 4) is 11.5 Å². The van der Waals surface area contributed by atoms with Gasteiger partial charge in [-0.25, -0.2) is 0 Å². The summed E-state index contributed by atoms with van der Waals surface area (Å²) < 4.78 is 10.6. The van der Waals surface area contributed by atoms with Gasteiger partial charge in [0.2, 0.25) is 0 Å². The van der Waals surface area contributed by atoms with Crippen LogP contribution in [0.2, 0.25) is 0 Å². The second kappa shape index (κ2) is 6.95. The Balaban J connectivity index is 2.02. The van der Waals surface area contributed by atoms with E-state index in [0.717, 1.165) is 23.6 Å². The van der Waals surface area contributed by atoms with Crippen molar-refractivity contribution in [3.05, 3.63) is 23.8 Å². The van der Waals surface area contributed by atoms with Crippen molar-refractivity contribution < 1.29 is 9.47 Å². The summed E-state index contributed by atoms with van der Waals surface area (Å²) >= 11 is 0. The summed E-state index contributed by atoms with van der Waals surface area (Å²) in [6, 6.07) is 6.62. The molecule has 0 bridgehead atoms. The molecule has 0 heterocycles. The SMILES string of the molecule is COc1ccc(C(N)CN(C)C2CCCC2)cc1OC. The summed E-state index contributed by atoms with van der Waals surface area (Å²) in [6.45, 7) is 0.875. The van der Waals surface area contributed by atoms with Gasteiger partial charge in [-0.1, -0.05) is 18.9 Å². The number of likely N-dealkylation sites (N-methyl/N-ethyl adjacent to an activating group) is 1. The van der Waals surface area contributed by atoms with Crippen molar-refractivity contribution in [2.45, 2.75) is 37.8 Å². The van der Waals surface area contributed by atoms with Gasteiger partial charge in [-0.15, -0.1) is 0 Å². The molecule has 2 N–H and O–H groups in total. The molecule has 0 saturated heterocycles. The zero-order valence-electron chi connectivity index (χ0n) is 12.8. The monoisotopic (exact) mass is 278 g/mol. The van der Waals surface area contributed by atoms with Crippen LogP contribution in [0.5, 0.6) is 11.5 Å². The Kier molecular flexibility index (Phi) is 5.26. The van der Waals surface area contributed by atoms with Gasteiger partial charge in [0.25, 0.3) is 0 Å². The normalized spacial score (nSPS) is 17.4. The number of methoxy groups -OCH3 is 2. The van der Waals surface area contributed by atoms with Crippen LogP contribution in [0.3, 0.4) is 0 Å². The molecule has 4 nitrogen and oxygen atoms in total. The maximum Gasteiger partial charge on any atom is 0.161 e. The number of rotatable bonds is 6. The number of benzene rings is 1. The Morgan fingerprint density at radius 2 is 1.85 bits per heavy atom. The van der Waals surface area contributed by atoms with E-state index in [4.69, 9.17) is 15.2 Å². The lowest BCUT2D eigenvalue weighted by molar-refractivity contribution is 0.231. The third kappa shape index (κ3) is 3.44. The first-order valence-corrected chi connectivity index (χ1v) is 7.33. The van der Waals surface area contributed by atoms with Crippen LogP contribution in [0, 0.1) is 0 Å². The largest absolute Gasteiger partial charge is 0.493 e. The highest BCUT2D eigenvalue weighted by Crippen LogP contribution is 2.30. The lowest BCUT2D eigenvalue weighted by Gasteiger charge is -2.27. The Morgan fingerprint density at radius 3 is 2.45 bits per heavy atom. The molecular weight excluding hydrogens is 252 g/mol. The Labute approximate surface area is 121 Å². The molecule has 0 aliphatic heterocycles. The van der Waals surface area contributed by atoms with Crippen LogP contribution in [0.4, 0.5) is 0 Å². The van der Waals surface area contributed by atoms with Crippen LogP contribution in [0.25, 0.3) is 0 Å². The minimum absolute atomic E-state index is 0.000376. The van der Waals surface area contributed by atoms with E-state index in [9.17, 15) is 0 Å². The van der Waals surface area contributed by atoms with E-state index < -0.39 is 0 Å². The van der Waals surface area contributed by atoms with E-state index in [1.807, 2.05) is 18.2 Å². The fourth-order valence-corrected chi connectivity index (χ4v) is 2.99. The molecule has 0 spiro atoms. The molecule has 1 unspecified atom stereocenters. The first-order valence-electron chi connectivity index (χ1n) is 7.33. The molecule has 4 heteroatoms. The molecule has 0 aromatic heterocycles. The van der Waals surface area contributed by atoms with Crippen LogP contribution < -0.4 is 15.2 Å². The maximum absolute atomic E-state index is 6.34. The van der Waals surface area contributed by atoms with Crippen molar-refractivity contribution in [3.63, 3.8) is 0 Å². The number of nitrogens with zero attached hydrogens (tertiary/aromatic N) is 1. The predicted octanol–water partition coefficient (Wildman–Crippen LogP) is 2.58. The van der Waals surface area contributed by atoms with E-state index >= 15 is 0 Å². The van der Waals surface area contributed by atoms with Crippen molar-refractivity contribution in [2.24, 2.45) is 5.73 Å². The molecule has 1 fully saturated rings. The van der Waals surface area contributed by atoms with Gasteiger partial charge in [-0.05, 0) is 37.6 Å². The summed E-state index contributed by atoms with van der Waals surface area (Å²) in [7, 11) is 5.47. The van der Waals surface area contributed by atoms with Crippen molar-refractivity contribution in [1.29, 1.82) is 0 Å². The zero-order valence-corrected chi connectivity index (χ0v) is 12.8. The van der Waals surface area contributed by atoms with Gasteiger partial charge in [0.05, 0.1) is 14.2 Å². The number of nitrogens with two attached hydrogens (primary N) is 1. The fraction of sp³-hybridized carbons (Fsp3) is 0.625. The Morgan fingerprint density at radius 1 is 1.20 bits per heavy atom. The Bertz CT molecular complexity index is 430. The average molecular weight is 278 g/mol. The summed E-state index contributed by atoms with van der Waals surface area (Å²) in [6.07, 6.45) is 5.30. The highest BCUT2D eigenvalue weighted by Gasteiger charge is 2.21. The number of hydrogen-bond donors (Lipinski definition) is 1. The van der Waals surface area contributed by atoms with E-state index in [0.29, 0.717) is 6.04 Å². The van der Waals surface area contributed by atoms with Crippen molar-refractivity contribution in [2.75, 3.05) is 27.8 Å². The minimum atomic E-state index is 0.000376. The molecule has 1 aromatic carbocycles. The summed E-state index contributed by atoms with van der Waals surface area (Å²) in [4.78, 5) is 2.40. The standard InChI is InChI=1S/C16H26N2O2/c1-18(13-6-4-5-7-13)11-14(17)12-8-9-15(19-2)16(10-12)20-3/h8-10,13-14H,4-7,11,17H2,1-3H3. The van der Waals surface area contributed by atoms with E-state index in [2.05, 4.69) is 11.9 Å². The van der Waals surface area contributed by atoms with Gasteiger partial charge < -0.3 is 20.1 Å².